The number of hydrogen-bond acceptors (Lipinski definition) is 3. The largest absolute Gasteiger partial charge is 0.372 e. The number of morpholine rings is 1. The van der Waals surface area contributed by atoms with Crippen LogP contribution in [-0.2, 0) is 4.74 Å². The molecule has 1 aromatic carbocycles. The van der Waals surface area contributed by atoms with Gasteiger partial charge in [0.2, 0.25) is 0 Å². The first-order chi connectivity index (χ1) is 8.10. The van der Waals surface area contributed by atoms with E-state index < -0.39 is 0 Å². The van der Waals surface area contributed by atoms with Gasteiger partial charge in [0.15, 0.2) is 0 Å². The van der Waals surface area contributed by atoms with E-state index in [1.54, 1.807) is 11.8 Å². The maximum atomic E-state index is 5.78. The fourth-order valence-electron chi connectivity index (χ4n) is 2.48. The summed E-state index contributed by atoms with van der Waals surface area (Å²) in [5.74, 6) is 0. The Morgan fingerprint density at radius 3 is 2.41 bits per heavy atom. The van der Waals surface area contributed by atoms with E-state index >= 15 is 0 Å². The minimum absolute atomic E-state index is 0.318. The molecule has 0 saturated carbocycles. The first-order valence-corrected chi connectivity index (χ1v) is 7.37. The van der Waals surface area contributed by atoms with Gasteiger partial charge in [-0.3, -0.25) is 0 Å². The number of thioether (sulfide) groups is 1. The van der Waals surface area contributed by atoms with Gasteiger partial charge >= 0.3 is 0 Å². The Bertz CT molecular complexity index is 384. The summed E-state index contributed by atoms with van der Waals surface area (Å²) in [5, 5.41) is 0. The molecule has 0 aromatic heterocycles. The van der Waals surface area contributed by atoms with Crippen LogP contribution in [0.1, 0.15) is 19.4 Å². The lowest BCUT2D eigenvalue weighted by Gasteiger charge is -2.37. The highest BCUT2D eigenvalue weighted by molar-refractivity contribution is 7.98. The van der Waals surface area contributed by atoms with Crippen molar-refractivity contribution in [3.05, 3.63) is 23.8 Å². The second kappa shape index (κ2) is 5.32. The molecule has 1 fully saturated rings. The van der Waals surface area contributed by atoms with Gasteiger partial charge in [-0.25, -0.2) is 0 Å². The Kier molecular flexibility index (Phi) is 4.00. The highest BCUT2D eigenvalue weighted by atomic mass is 32.2. The zero-order valence-corrected chi connectivity index (χ0v) is 11.9. The summed E-state index contributed by atoms with van der Waals surface area (Å²) in [6, 6.07) is 6.72. The second-order valence-electron chi connectivity index (χ2n) is 4.81. The Hall–Kier alpha value is -0.670. The smallest absolute Gasteiger partial charge is 0.0726 e. The van der Waals surface area contributed by atoms with Crippen molar-refractivity contribution in [1.82, 2.24) is 0 Å². The summed E-state index contributed by atoms with van der Waals surface area (Å²) in [5.41, 5.74) is 2.71. The molecule has 0 bridgehead atoms. The summed E-state index contributed by atoms with van der Waals surface area (Å²) in [7, 11) is 0. The van der Waals surface area contributed by atoms with E-state index in [4.69, 9.17) is 4.74 Å². The number of anilines is 1. The van der Waals surface area contributed by atoms with Gasteiger partial charge in [0, 0.05) is 23.7 Å². The van der Waals surface area contributed by atoms with Crippen molar-refractivity contribution in [2.45, 2.75) is 37.9 Å². The van der Waals surface area contributed by atoms with Crippen LogP contribution in [0.3, 0.4) is 0 Å². The Morgan fingerprint density at radius 2 is 1.88 bits per heavy atom. The molecular weight excluding hydrogens is 230 g/mol. The molecule has 1 saturated heterocycles. The lowest BCUT2D eigenvalue weighted by molar-refractivity contribution is -0.00524. The molecule has 3 heteroatoms. The number of hydrogen-bond donors (Lipinski definition) is 0. The van der Waals surface area contributed by atoms with Crippen LogP contribution in [0.15, 0.2) is 23.1 Å². The quantitative estimate of drug-likeness (QED) is 0.748. The van der Waals surface area contributed by atoms with Gasteiger partial charge in [0.25, 0.3) is 0 Å². The highest BCUT2D eigenvalue weighted by Gasteiger charge is 2.23. The molecule has 1 heterocycles. The van der Waals surface area contributed by atoms with Crippen LogP contribution < -0.4 is 4.90 Å². The van der Waals surface area contributed by atoms with E-state index in [9.17, 15) is 0 Å². The first kappa shape index (κ1) is 12.8. The molecule has 2 unspecified atom stereocenters. The average molecular weight is 251 g/mol. The average Bonchev–Trinajstić information content (AvgIpc) is 2.27. The molecule has 0 aliphatic carbocycles. The summed E-state index contributed by atoms with van der Waals surface area (Å²) in [4.78, 5) is 3.78. The number of benzene rings is 1. The van der Waals surface area contributed by atoms with Gasteiger partial charge in [-0.2, -0.15) is 0 Å². The SMILES string of the molecule is CSc1ccc(N2CC(C)OC(C)C2)c(C)c1. The van der Waals surface area contributed by atoms with Crippen LogP contribution in [-0.4, -0.2) is 31.6 Å². The number of aryl methyl sites for hydroxylation is 1. The van der Waals surface area contributed by atoms with Crippen LogP contribution >= 0.6 is 11.8 Å². The predicted molar refractivity (Wildman–Crippen MR) is 75.2 cm³/mol. The number of rotatable bonds is 2. The van der Waals surface area contributed by atoms with Crippen molar-refractivity contribution >= 4 is 17.4 Å². The number of ether oxygens (including phenoxy) is 1. The van der Waals surface area contributed by atoms with Crippen LogP contribution in [0.5, 0.6) is 0 Å². The van der Waals surface area contributed by atoms with Crippen LogP contribution in [0, 0.1) is 6.92 Å². The molecule has 1 aliphatic heterocycles. The summed E-state index contributed by atoms with van der Waals surface area (Å²) in [6.45, 7) is 8.47. The second-order valence-corrected chi connectivity index (χ2v) is 5.69. The molecule has 1 aromatic rings. The third-order valence-corrected chi connectivity index (χ3v) is 3.89. The van der Waals surface area contributed by atoms with Gasteiger partial charge < -0.3 is 9.64 Å². The normalized spacial score (nSPS) is 25.1. The van der Waals surface area contributed by atoms with Crippen molar-refractivity contribution in [1.29, 1.82) is 0 Å². The molecule has 2 nitrogen and oxygen atoms in total. The fourth-order valence-corrected chi connectivity index (χ4v) is 2.98. The van der Waals surface area contributed by atoms with E-state index in [2.05, 4.69) is 50.1 Å². The molecule has 17 heavy (non-hydrogen) atoms. The lowest BCUT2D eigenvalue weighted by Crippen LogP contribution is -2.45. The summed E-state index contributed by atoms with van der Waals surface area (Å²) < 4.78 is 5.78. The molecule has 0 amide bonds. The fraction of sp³-hybridized carbons (Fsp3) is 0.571. The van der Waals surface area contributed by atoms with Gasteiger partial charge in [0.05, 0.1) is 12.2 Å². The van der Waals surface area contributed by atoms with Crippen LogP contribution in [0.25, 0.3) is 0 Å². The zero-order chi connectivity index (χ0) is 12.4. The van der Waals surface area contributed by atoms with E-state index in [0.717, 1.165) is 13.1 Å². The van der Waals surface area contributed by atoms with Gasteiger partial charge in [-0.15, -0.1) is 11.8 Å². The van der Waals surface area contributed by atoms with Crippen molar-refractivity contribution in [2.24, 2.45) is 0 Å². The van der Waals surface area contributed by atoms with Crippen LogP contribution in [0.2, 0.25) is 0 Å². The molecular formula is C14H21NOS. The minimum atomic E-state index is 0.318. The molecule has 2 atom stereocenters. The predicted octanol–water partition coefficient (Wildman–Crippen LogP) is 3.33. The van der Waals surface area contributed by atoms with Gasteiger partial charge in [-0.05, 0) is 50.8 Å². The highest BCUT2D eigenvalue weighted by Crippen LogP contribution is 2.27. The molecule has 1 aliphatic rings. The van der Waals surface area contributed by atoms with Gasteiger partial charge in [0.1, 0.15) is 0 Å². The summed E-state index contributed by atoms with van der Waals surface area (Å²) in [6.07, 6.45) is 2.75. The summed E-state index contributed by atoms with van der Waals surface area (Å²) >= 11 is 1.80. The molecule has 0 radical (unpaired) electrons. The van der Waals surface area contributed by atoms with E-state index in [-0.39, 0.29) is 0 Å². The lowest BCUT2D eigenvalue weighted by atomic mass is 10.1. The van der Waals surface area contributed by atoms with E-state index in [1.165, 1.54) is 16.1 Å². The van der Waals surface area contributed by atoms with E-state index in [1.807, 2.05) is 0 Å². The zero-order valence-electron chi connectivity index (χ0n) is 11.1. The number of nitrogens with zero attached hydrogens (tertiary/aromatic N) is 1. The molecule has 94 valence electrons. The maximum absolute atomic E-state index is 5.78. The minimum Gasteiger partial charge on any atom is -0.372 e. The van der Waals surface area contributed by atoms with Crippen LogP contribution in [0.4, 0.5) is 5.69 Å². The van der Waals surface area contributed by atoms with Crippen molar-refractivity contribution in [3.8, 4) is 0 Å². The maximum Gasteiger partial charge on any atom is 0.0726 e. The molecule has 0 spiro atoms. The molecule has 0 N–H and O–H groups in total. The monoisotopic (exact) mass is 251 g/mol. The van der Waals surface area contributed by atoms with Crippen molar-refractivity contribution < 1.29 is 4.74 Å². The standard InChI is InChI=1S/C14H21NOS/c1-10-7-13(17-4)5-6-14(10)15-8-11(2)16-12(3)9-15/h5-7,11-12H,8-9H2,1-4H3. The van der Waals surface area contributed by atoms with Crippen molar-refractivity contribution in [3.63, 3.8) is 0 Å². The van der Waals surface area contributed by atoms with E-state index in [0.29, 0.717) is 12.2 Å². The van der Waals surface area contributed by atoms with Crippen molar-refractivity contribution in [2.75, 3.05) is 24.2 Å². The Morgan fingerprint density at radius 1 is 1.24 bits per heavy atom. The first-order valence-electron chi connectivity index (χ1n) is 6.15. The van der Waals surface area contributed by atoms with Gasteiger partial charge in [-0.1, -0.05) is 0 Å². The Balaban J connectivity index is 2.21. The topological polar surface area (TPSA) is 12.5 Å². The Labute approximate surface area is 108 Å². The molecule has 2 rings (SSSR count). The third-order valence-electron chi connectivity index (χ3n) is 3.16. The third kappa shape index (κ3) is 2.96.